The fraction of sp³-hybridized carbons (Fsp3) is 0.786. The first-order valence-electron chi connectivity index (χ1n) is 7.40. The van der Waals surface area contributed by atoms with Crippen molar-refractivity contribution in [3.63, 3.8) is 0 Å². The third kappa shape index (κ3) is 2.64. The maximum atomic E-state index is 12.5. The van der Waals surface area contributed by atoms with E-state index in [4.69, 9.17) is 0 Å². The second-order valence-electron chi connectivity index (χ2n) is 5.81. The number of carbonyl (C=O) groups excluding carboxylic acids is 3. The minimum absolute atomic E-state index is 0.173. The summed E-state index contributed by atoms with van der Waals surface area (Å²) in [5.41, 5.74) is -0.843. The molecule has 2 aliphatic rings. The summed E-state index contributed by atoms with van der Waals surface area (Å²) >= 11 is 0. The van der Waals surface area contributed by atoms with Gasteiger partial charge in [0.05, 0.1) is 0 Å². The molecule has 2 rings (SSSR count). The molecule has 1 atom stereocenters. The van der Waals surface area contributed by atoms with Gasteiger partial charge in [-0.3, -0.25) is 14.5 Å². The number of hydrogen-bond donors (Lipinski definition) is 2. The molecule has 112 valence electrons. The molecule has 2 N–H and O–H groups in total. The van der Waals surface area contributed by atoms with Crippen LogP contribution in [0.3, 0.4) is 0 Å². The molecular formula is C14H23N3O3. The average molecular weight is 281 g/mol. The predicted molar refractivity (Wildman–Crippen MR) is 73.9 cm³/mol. The van der Waals surface area contributed by atoms with Crippen LogP contribution in [-0.4, -0.2) is 41.4 Å². The summed E-state index contributed by atoms with van der Waals surface area (Å²) < 4.78 is 0. The number of nitrogens with one attached hydrogen (secondary N) is 2. The largest absolute Gasteiger partial charge is 0.355 e. The third-order valence-electron chi connectivity index (χ3n) is 4.40. The van der Waals surface area contributed by atoms with Crippen molar-refractivity contribution in [1.82, 2.24) is 15.5 Å². The van der Waals surface area contributed by atoms with Crippen molar-refractivity contribution in [3.8, 4) is 0 Å². The summed E-state index contributed by atoms with van der Waals surface area (Å²) in [5, 5.41) is 5.41. The molecule has 1 saturated heterocycles. The highest BCUT2D eigenvalue weighted by Crippen LogP contribution is 2.36. The Bertz CT molecular complexity index is 418. The van der Waals surface area contributed by atoms with Gasteiger partial charge in [0, 0.05) is 6.54 Å². The van der Waals surface area contributed by atoms with E-state index in [0.29, 0.717) is 6.54 Å². The van der Waals surface area contributed by atoms with Crippen molar-refractivity contribution >= 4 is 17.8 Å². The zero-order valence-electron chi connectivity index (χ0n) is 12.2. The lowest BCUT2D eigenvalue weighted by molar-refractivity contribution is -0.136. The van der Waals surface area contributed by atoms with Gasteiger partial charge in [-0.25, -0.2) is 4.79 Å². The van der Waals surface area contributed by atoms with Gasteiger partial charge in [-0.1, -0.05) is 19.3 Å². The maximum absolute atomic E-state index is 12.5. The Morgan fingerprint density at radius 3 is 2.60 bits per heavy atom. The van der Waals surface area contributed by atoms with Crippen LogP contribution < -0.4 is 10.6 Å². The van der Waals surface area contributed by atoms with E-state index >= 15 is 0 Å². The van der Waals surface area contributed by atoms with Gasteiger partial charge in [-0.2, -0.15) is 0 Å². The molecule has 0 spiro atoms. The Morgan fingerprint density at radius 1 is 1.35 bits per heavy atom. The zero-order chi connectivity index (χ0) is 14.8. The molecule has 1 aliphatic carbocycles. The Kier molecular flexibility index (Phi) is 4.30. The number of likely N-dealkylation sites (N-methyl/N-ethyl adjacent to an activating group) is 1. The number of rotatable bonds is 4. The summed E-state index contributed by atoms with van der Waals surface area (Å²) in [7, 11) is 0. The van der Waals surface area contributed by atoms with Crippen LogP contribution in [0.5, 0.6) is 0 Å². The van der Waals surface area contributed by atoms with Gasteiger partial charge in [-0.15, -0.1) is 0 Å². The topological polar surface area (TPSA) is 78.5 Å². The second kappa shape index (κ2) is 5.81. The van der Waals surface area contributed by atoms with Crippen molar-refractivity contribution < 1.29 is 14.4 Å². The number of nitrogens with zero attached hydrogens (tertiary/aromatic N) is 1. The molecule has 0 aromatic rings. The monoisotopic (exact) mass is 281 g/mol. The first-order valence-corrected chi connectivity index (χ1v) is 7.40. The van der Waals surface area contributed by atoms with Crippen LogP contribution in [0.1, 0.15) is 46.0 Å². The Balaban J connectivity index is 2.08. The maximum Gasteiger partial charge on any atom is 0.325 e. The molecular weight excluding hydrogens is 258 g/mol. The molecule has 4 amide bonds. The first kappa shape index (κ1) is 14.8. The van der Waals surface area contributed by atoms with E-state index < -0.39 is 11.6 Å². The lowest BCUT2D eigenvalue weighted by Gasteiger charge is -2.34. The van der Waals surface area contributed by atoms with Crippen molar-refractivity contribution in [3.05, 3.63) is 0 Å². The van der Waals surface area contributed by atoms with Crippen LogP contribution >= 0.6 is 0 Å². The normalized spacial score (nSPS) is 27.6. The van der Waals surface area contributed by atoms with Gasteiger partial charge >= 0.3 is 6.03 Å². The summed E-state index contributed by atoms with van der Waals surface area (Å²) in [6, 6.07) is -0.450. The summed E-state index contributed by atoms with van der Waals surface area (Å²) in [6.45, 7) is 3.89. The molecule has 2 fully saturated rings. The SMILES string of the molecule is CCNC(=O)CN1C(=O)NC(C)(C2CCCCC2)C1=O. The quantitative estimate of drug-likeness (QED) is 0.755. The van der Waals surface area contributed by atoms with Crippen LogP contribution in [0.2, 0.25) is 0 Å². The summed E-state index contributed by atoms with van der Waals surface area (Å²) in [4.78, 5) is 37.2. The van der Waals surface area contributed by atoms with Crippen molar-refractivity contribution in [1.29, 1.82) is 0 Å². The average Bonchev–Trinajstić information content (AvgIpc) is 2.65. The molecule has 0 radical (unpaired) electrons. The minimum Gasteiger partial charge on any atom is -0.355 e. The molecule has 0 bridgehead atoms. The van der Waals surface area contributed by atoms with Gasteiger partial charge in [0.2, 0.25) is 5.91 Å². The molecule has 6 nitrogen and oxygen atoms in total. The van der Waals surface area contributed by atoms with Crippen molar-refractivity contribution in [2.45, 2.75) is 51.5 Å². The van der Waals surface area contributed by atoms with Crippen LogP contribution in [0, 0.1) is 5.92 Å². The van der Waals surface area contributed by atoms with E-state index in [-0.39, 0.29) is 24.3 Å². The molecule has 1 heterocycles. The van der Waals surface area contributed by atoms with Crippen molar-refractivity contribution in [2.24, 2.45) is 5.92 Å². The van der Waals surface area contributed by atoms with Gasteiger partial charge in [0.1, 0.15) is 12.1 Å². The number of carbonyl (C=O) groups is 3. The number of urea groups is 1. The third-order valence-corrected chi connectivity index (χ3v) is 4.40. The van der Waals surface area contributed by atoms with E-state index in [0.717, 1.165) is 30.6 Å². The van der Waals surface area contributed by atoms with Crippen LogP contribution in [0.25, 0.3) is 0 Å². The van der Waals surface area contributed by atoms with Crippen LogP contribution in [-0.2, 0) is 9.59 Å². The van der Waals surface area contributed by atoms with E-state index in [1.54, 1.807) is 13.8 Å². The highest BCUT2D eigenvalue weighted by atomic mass is 16.2. The molecule has 6 heteroatoms. The molecule has 0 aromatic carbocycles. The van der Waals surface area contributed by atoms with Gasteiger partial charge < -0.3 is 10.6 Å². The predicted octanol–water partition coefficient (Wildman–Crippen LogP) is 1.01. The number of amides is 4. The number of imide groups is 1. The van der Waals surface area contributed by atoms with Crippen LogP contribution in [0.4, 0.5) is 4.79 Å². The van der Waals surface area contributed by atoms with Gasteiger partial charge in [0.15, 0.2) is 0 Å². The van der Waals surface area contributed by atoms with E-state index in [2.05, 4.69) is 10.6 Å². The molecule has 20 heavy (non-hydrogen) atoms. The lowest BCUT2D eigenvalue weighted by Crippen LogP contribution is -2.51. The first-order chi connectivity index (χ1) is 9.49. The zero-order valence-corrected chi connectivity index (χ0v) is 12.2. The Hall–Kier alpha value is -1.59. The van der Waals surface area contributed by atoms with Crippen LogP contribution in [0.15, 0.2) is 0 Å². The van der Waals surface area contributed by atoms with Crippen molar-refractivity contribution in [2.75, 3.05) is 13.1 Å². The fourth-order valence-corrected chi connectivity index (χ4v) is 3.21. The van der Waals surface area contributed by atoms with E-state index in [1.807, 2.05) is 0 Å². The Labute approximate surface area is 119 Å². The fourth-order valence-electron chi connectivity index (χ4n) is 3.21. The Morgan fingerprint density at radius 2 is 2.00 bits per heavy atom. The molecule has 1 saturated carbocycles. The lowest BCUT2D eigenvalue weighted by atomic mass is 9.75. The minimum atomic E-state index is -0.843. The standard InChI is InChI=1S/C14H23N3O3/c1-3-15-11(18)9-17-12(19)14(2,16-13(17)20)10-7-5-4-6-8-10/h10H,3-9H2,1-2H3,(H,15,18)(H,16,20). The number of hydrogen-bond acceptors (Lipinski definition) is 3. The highest BCUT2D eigenvalue weighted by Gasteiger charge is 2.52. The molecule has 0 aromatic heterocycles. The van der Waals surface area contributed by atoms with E-state index in [9.17, 15) is 14.4 Å². The van der Waals surface area contributed by atoms with Gasteiger partial charge in [0.25, 0.3) is 5.91 Å². The van der Waals surface area contributed by atoms with Gasteiger partial charge in [-0.05, 0) is 32.6 Å². The summed E-state index contributed by atoms with van der Waals surface area (Å²) in [6.07, 6.45) is 5.30. The summed E-state index contributed by atoms with van der Waals surface area (Å²) in [5.74, 6) is -0.392. The highest BCUT2D eigenvalue weighted by molar-refractivity contribution is 6.09. The van der Waals surface area contributed by atoms with E-state index in [1.165, 1.54) is 6.42 Å². The smallest absolute Gasteiger partial charge is 0.325 e. The molecule has 1 aliphatic heterocycles. The second-order valence-corrected chi connectivity index (χ2v) is 5.81. The molecule has 1 unspecified atom stereocenters.